The lowest BCUT2D eigenvalue weighted by Gasteiger charge is -2.14. The summed E-state index contributed by atoms with van der Waals surface area (Å²) in [5.74, 6) is -0.0764. The fraction of sp³-hybridized carbons (Fsp3) is 0.167. The Morgan fingerprint density at radius 3 is 2.82 bits per heavy atom. The summed E-state index contributed by atoms with van der Waals surface area (Å²) in [5, 5.41) is 13.9. The fourth-order valence-corrected chi connectivity index (χ4v) is 2.58. The van der Waals surface area contributed by atoms with E-state index in [1.165, 1.54) is 30.6 Å². The lowest BCUT2D eigenvalue weighted by Crippen LogP contribution is -2.02. The van der Waals surface area contributed by atoms with Gasteiger partial charge in [0.05, 0.1) is 11.6 Å². The highest BCUT2D eigenvalue weighted by atomic mass is 79.9. The second-order valence-corrected chi connectivity index (χ2v) is 5.10. The Kier molecular flexibility index (Phi) is 3.81. The van der Waals surface area contributed by atoms with Crippen molar-refractivity contribution >= 4 is 27.3 Å². The third kappa shape index (κ3) is 2.51. The molecule has 1 aromatic heterocycles. The predicted octanol–water partition coefficient (Wildman–Crippen LogP) is 3.74. The van der Waals surface area contributed by atoms with Gasteiger partial charge in [0.15, 0.2) is 0 Å². The van der Waals surface area contributed by atoms with E-state index < -0.39 is 11.9 Å². The third-order valence-corrected chi connectivity index (χ3v) is 3.74. The highest BCUT2D eigenvalue weighted by Crippen LogP contribution is 2.34. The summed E-state index contributed by atoms with van der Waals surface area (Å²) in [6, 6.07) is 4.62. The van der Waals surface area contributed by atoms with Gasteiger partial charge in [0.1, 0.15) is 17.7 Å². The lowest BCUT2D eigenvalue weighted by molar-refractivity contribution is 0.215. The zero-order valence-electron chi connectivity index (χ0n) is 8.98. The van der Waals surface area contributed by atoms with Crippen LogP contribution in [-0.4, -0.2) is 12.2 Å². The van der Waals surface area contributed by atoms with Crippen molar-refractivity contribution in [3.63, 3.8) is 0 Å². The van der Waals surface area contributed by atoms with E-state index in [1.807, 2.05) is 16.8 Å². The third-order valence-electron chi connectivity index (χ3n) is 2.43. The van der Waals surface area contributed by atoms with E-state index in [9.17, 15) is 9.50 Å². The van der Waals surface area contributed by atoms with Crippen LogP contribution in [0, 0.1) is 5.82 Å². The standard InChI is InChI=1S/C12H10BrFO2S/c1-16-11-5-10(14)9(13)4-8(11)12(15)7-2-3-17-6-7/h2-6,12,15H,1H3. The molecule has 0 radical (unpaired) electrons. The minimum atomic E-state index is -0.812. The number of hydrogen-bond acceptors (Lipinski definition) is 3. The van der Waals surface area contributed by atoms with Crippen molar-refractivity contribution < 1.29 is 14.2 Å². The van der Waals surface area contributed by atoms with Crippen molar-refractivity contribution in [2.24, 2.45) is 0 Å². The van der Waals surface area contributed by atoms with Crippen LogP contribution in [0.5, 0.6) is 5.75 Å². The Balaban J connectivity index is 2.47. The van der Waals surface area contributed by atoms with Gasteiger partial charge in [-0.25, -0.2) is 4.39 Å². The van der Waals surface area contributed by atoms with E-state index in [2.05, 4.69) is 15.9 Å². The van der Waals surface area contributed by atoms with Gasteiger partial charge < -0.3 is 9.84 Å². The Morgan fingerprint density at radius 1 is 1.47 bits per heavy atom. The maximum atomic E-state index is 13.3. The number of aliphatic hydroxyl groups is 1. The summed E-state index contributed by atoms with van der Waals surface area (Å²) in [6.45, 7) is 0. The summed E-state index contributed by atoms with van der Waals surface area (Å²) in [4.78, 5) is 0. The van der Waals surface area contributed by atoms with Gasteiger partial charge in [-0.1, -0.05) is 0 Å². The number of halogens is 2. The molecule has 0 aliphatic rings. The number of thiophene rings is 1. The molecule has 17 heavy (non-hydrogen) atoms. The summed E-state index contributed by atoms with van der Waals surface area (Å²) < 4.78 is 18.7. The van der Waals surface area contributed by atoms with Crippen molar-refractivity contribution in [1.29, 1.82) is 0 Å². The van der Waals surface area contributed by atoms with E-state index in [-0.39, 0.29) is 0 Å². The van der Waals surface area contributed by atoms with E-state index in [0.717, 1.165) is 5.56 Å². The number of hydrogen-bond donors (Lipinski definition) is 1. The van der Waals surface area contributed by atoms with Crippen LogP contribution >= 0.6 is 27.3 Å². The molecule has 2 rings (SSSR count). The van der Waals surface area contributed by atoms with Crippen LogP contribution in [0.3, 0.4) is 0 Å². The minimum absolute atomic E-state index is 0.308. The first-order valence-corrected chi connectivity index (χ1v) is 6.60. The van der Waals surface area contributed by atoms with Gasteiger partial charge in [-0.05, 0) is 44.4 Å². The molecule has 0 aliphatic carbocycles. The summed E-state index contributed by atoms with van der Waals surface area (Å²) in [6.07, 6.45) is -0.812. The van der Waals surface area contributed by atoms with Gasteiger partial charge in [0.2, 0.25) is 0 Å². The highest BCUT2D eigenvalue weighted by molar-refractivity contribution is 9.10. The zero-order valence-corrected chi connectivity index (χ0v) is 11.4. The molecular formula is C12H10BrFO2S. The molecule has 1 unspecified atom stereocenters. The molecule has 1 heterocycles. The zero-order chi connectivity index (χ0) is 12.4. The Morgan fingerprint density at radius 2 is 2.24 bits per heavy atom. The molecule has 0 amide bonds. The molecule has 0 spiro atoms. The van der Waals surface area contributed by atoms with Gasteiger partial charge in [0.25, 0.3) is 0 Å². The number of ether oxygens (including phenoxy) is 1. The van der Waals surface area contributed by atoms with E-state index in [0.29, 0.717) is 15.8 Å². The Labute approximate surface area is 111 Å². The van der Waals surface area contributed by atoms with Crippen LogP contribution in [0.2, 0.25) is 0 Å². The van der Waals surface area contributed by atoms with Gasteiger partial charge in [-0.3, -0.25) is 0 Å². The van der Waals surface area contributed by atoms with Gasteiger partial charge >= 0.3 is 0 Å². The monoisotopic (exact) mass is 316 g/mol. The maximum absolute atomic E-state index is 13.3. The Bertz CT molecular complexity index is 513. The topological polar surface area (TPSA) is 29.5 Å². The van der Waals surface area contributed by atoms with Gasteiger partial charge in [-0.15, -0.1) is 0 Å². The number of methoxy groups -OCH3 is 1. The molecule has 2 aromatic rings. The molecule has 1 N–H and O–H groups in total. The van der Waals surface area contributed by atoms with Crippen LogP contribution in [0.1, 0.15) is 17.2 Å². The van der Waals surface area contributed by atoms with E-state index in [4.69, 9.17) is 4.74 Å². The lowest BCUT2D eigenvalue weighted by atomic mass is 10.0. The number of aliphatic hydroxyl groups excluding tert-OH is 1. The minimum Gasteiger partial charge on any atom is -0.496 e. The number of rotatable bonds is 3. The molecule has 0 bridgehead atoms. The average Bonchev–Trinajstić information content (AvgIpc) is 2.84. The highest BCUT2D eigenvalue weighted by Gasteiger charge is 2.18. The Hall–Kier alpha value is -0.910. The van der Waals surface area contributed by atoms with Crippen molar-refractivity contribution in [3.8, 4) is 5.75 Å². The number of benzene rings is 1. The smallest absolute Gasteiger partial charge is 0.141 e. The van der Waals surface area contributed by atoms with E-state index in [1.54, 1.807) is 0 Å². The van der Waals surface area contributed by atoms with Crippen LogP contribution in [-0.2, 0) is 0 Å². The summed E-state index contributed by atoms with van der Waals surface area (Å²) in [5.41, 5.74) is 1.31. The van der Waals surface area contributed by atoms with E-state index >= 15 is 0 Å². The van der Waals surface area contributed by atoms with Crippen molar-refractivity contribution in [1.82, 2.24) is 0 Å². The quantitative estimate of drug-likeness (QED) is 0.934. The second-order valence-electron chi connectivity index (χ2n) is 3.47. The fourth-order valence-electron chi connectivity index (χ4n) is 1.54. The molecular weight excluding hydrogens is 307 g/mol. The maximum Gasteiger partial charge on any atom is 0.141 e. The van der Waals surface area contributed by atoms with Gasteiger partial charge in [-0.2, -0.15) is 11.3 Å². The van der Waals surface area contributed by atoms with Crippen LogP contribution in [0.25, 0.3) is 0 Å². The molecule has 2 nitrogen and oxygen atoms in total. The predicted molar refractivity (Wildman–Crippen MR) is 69.0 cm³/mol. The molecule has 0 aliphatic heterocycles. The normalized spacial score (nSPS) is 12.5. The SMILES string of the molecule is COc1cc(F)c(Br)cc1C(O)c1ccsc1. The molecule has 5 heteroatoms. The second kappa shape index (κ2) is 5.16. The first kappa shape index (κ1) is 12.5. The summed E-state index contributed by atoms with van der Waals surface area (Å²) >= 11 is 4.60. The first-order valence-electron chi connectivity index (χ1n) is 4.86. The van der Waals surface area contributed by atoms with Crippen molar-refractivity contribution in [3.05, 3.63) is 50.4 Å². The molecule has 90 valence electrons. The first-order chi connectivity index (χ1) is 8.13. The van der Waals surface area contributed by atoms with Crippen LogP contribution in [0.4, 0.5) is 4.39 Å². The molecule has 0 fully saturated rings. The van der Waals surface area contributed by atoms with Crippen molar-refractivity contribution in [2.75, 3.05) is 7.11 Å². The molecule has 0 saturated carbocycles. The van der Waals surface area contributed by atoms with Crippen LogP contribution in [0.15, 0.2) is 33.4 Å². The summed E-state index contributed by atoms with van der Waals surface area (Å²) in [7, 11) is 1.45. The average molecular weight is 317 g/mol. The largest absolute Gasteiger partial charge is 0.496 e. The van der Waals surface area contributed by atoms with Crippen LogP contribution < -0.4 is 4.74 Å². The molecule has 1 atom stereocenters. The van der Waals surface area contributed by atoms with Crippen molar-refractivity contribution in [2.45, 2.75) is 6.10 Å². The van der Waals surface area contributed by atoms with Gasteiger partial charge in [0, 0.05) is 11.6 Å². The molecule has 1 aromatic carbocycles. The molecule has 0 saturated heterocycles.